The van der Waals surface area contributed by atoms with Gasteiger partial charge in [0.1, 0.15) is 5.69 Å². The van der Waals surface area contributed by atoms with E-state index in [0.29, 0.717) is 10.7 Å². The third-order valence-electron chi connectivity index (χ3n) is 4.71. The van der Waals surface area contributed by atoms with E-state index < -0.39 is 48.0 Å². The maximum atomic E-state index is 14.0. The Kier molecular flexibility index (Phi) is 7.77. The van der Waals surface area contributed by atoms with Crippen molar-refractivity contribution in [1.29, 1.82) is 0 Å². The van der Waals surface area contributed by atoms with Crippen molar-refractivity contribution in [3.05, 3.63) is 75.6 Å². The van der Waals surface area contributed by atoms with Gasteiger partial charge in [0.05, 0.1) is 24.9 Å². The molecule has 0 atom stereocenters. The highest BCUT2D eigenvalue weighted by molar-refractivity contribution is 6.31. The lowest BCUT2D eigenvalue weighted by Gasteiger charge is -2.15. The molecule has 10 nitrogen and oxygen atoms in total. The summed E-state index contributed by atoms with van der Waals surface area (Å²) in [6, 6.07) is 5.70. The van der Waals surface area contributed by atoms with Gasteiger partial charge in [0.25, 0.3) is 11.8 Å². The molecule has 190 valence electrons. The van der Waals surface area contributed by atoms with E-state index in [1.165, 1.54) is 31.2 Å². The van der Waals surface area contributed by atoms with Crippen molar-refractivity contribution >= 4 is 35.2 Å². The molecule has 0 saturated heterocycles. The lowest BCUT2D eigenvalue weighted by molar-refractivity contribution is -0.141. The molecule has 3 N–H and O–H groups in total. The fourth-order valence-corrected chi connectivity index (χ4v) is 3.32. The second-order valence-electron chi connectivity index (χ2n) is 7.19. The maximum absolute atomic E-state index is 14.0. The summed E-state index contributed by atoms with van der Waals surface area (Å²) in [5.41, 5.74) is 1.88. The highest BCUT2D eigenvalue weighted by Gasteiger charge is 2.36. The van der Waals surface area contributed by atoms with Crippen molar-refractivity contribution in [2.24, 2.45) is 0 Å². The molecular formula is C21H17ClF4N6O4. The molecule has 0 bridgehead atoms. The van der Waals surface area contributed by atoms with Gasteiger partial charge < -0.3 is 10.1 Å². The number of aromatic nitrogens is 3. The van der Waals surface area contributed by atoms with Gasteiger partial charge >= 0.3 is 12.3 Å². The predicted molar refractivity (Wildman–Crippen MR) is 118 cm³/mol. The number of benzene rings is 1. The fraction of sp³-hybridized carbons (Fsp3) is 0.190. The van der Waals surface area contributed by atoms with E-state index in [-0.39, 0.29) is 27.4 Å². The molecule has 3 amide bonds. The quantitative estimate of drug-likeness (QED) is 0.263. The first kappa shape index (κ1) is 26.4. The number of methoxy groups -OCH3 is 1. The predicted octanol–water partition coefficient (Wildman–Crippen LogP) is 3.70. The van der Waals surface area contributed by atoms with Gasteiger partial charge in [-0.25, -0.2) is 15.2 Å². The average molecular weight is 529 g/mol. The Morgan fingerprint density at radius 1 is 1.14 bits per heavy atom. The molecule has 0 aliphatic heterocycles. The van der Waals surface area contributed by atoms with Crippen LogP contribution in [-0.4, -0.2) is 39.8 Å². The minimum Gasteiger partial charge on any atom is -0.452 e. The number of rotatable bonds is 5. The van der Waals surface area contributed by atoms with E-state index in [2.05, 4.69) is 20.1 Å². The van der Waals surface area contributed by atoms with Crippen LogP contribution in [0.2, 0.25) is 5.02 Å². The third kappa shape index (κ3) is 6.07. The Bertz CT molecular complexity index is 1330. The van der Waals surface area contributed by atoms with Crippen LogP contribution in [0.4, 0.5) is 28.0 Å². The smallest absolute Gasteiger partial charge is 0.435 e. The Labute approximate surface area is 205 Å². The van der Waals surface area contributed by atoms with Gasteiger partial charge in [-0.1, -0.05) is 17.7 Å². The number of pyridine rings is 1. The number of halogens is 5. The molecule has 15 heteroatoms. The molecule has 0 spiro atoms. The number of aryl methyl sites for hydroxylation is 1. The van der Waals surface area contributed by atoms with Crippen molar-refractivity contribution in [1.82, 2.24) is 25.6 Å². The number of amides is 3. The van der Waals surface area contributed by atoms with E-state index in [1.54, 1.807) is 0 Å². The van der Waals surface area contributed by atoms with Crippen LogP contribution < -0.4 is 16.2 Å². The van der Waals surface area contributed by atoms with Gasteiger partial charge in [-0.2, -0.15) is 22.7 Å². The fourth-order valence-electron chi connectivity index (χ4n) is 3.05. The van der Waals surface area contributed by atoms with E-state index in [4.69, 9.17) is 11.6 Å². The van der Waals surface area contributed by atoms with Gasteiger partial charge in [-0.05, 0) is 30.7 Å². The van der Waals surface area contributed by atoms with Crippen molar-refractivity contribution in [2.45, 2.75) is 19.6 Å². The maximum Gasteiger partial charge on any atom is 0.435 e. The number of carbonyl (C=O) groups excluding carboxylic acids is 3. The number of nitrogens with one attached hydrogen (secondary N) is 3. The van der Waals surface area contributed by atoms with Crippen molar-refractivity contribution in [2.75, 3.05) is 12.4 Å². The first-order chi connectivity index (χ1) is 16.9. The lowest BCUT2D eigenvalue weighted by atomic mass is 10.1. The number of hydrogen-bond donors (Lipinski definition) is 3. The van der Waals surface area contributed by atoms with Gasteiger partial charge in [0.2, 0.25) is 5.95 Å². The topological polar surface area (TPSA) is 127 Å². The molecule has 2 heterocycles. The first-order valence-corrected chi connectivity index (χ1v) is 10.3. The van der Waals surface area contributed by atoms with Crippen molar-refractivity contribution < 1.29 is 36.7 Å². The van der Waals surface area contributed by atoms with Crippen LogP contribution in [0, 0.1) is 12.9 Å². The van der Waals surface area contributed by atoms with Crippen LogP contribution in [0.5, 0.6) is 0 Å². The molecule has 0 fully saturated rings. The molecule has 2 aromatic heterocycles. The summed E-state index contributed by atoms with van der Waals surface area (Å²) in [5.74, 6) is -2.94. The number of anilines is 1. The van der Waals surface area contributed by atoms with Crippen LogP contribution in [0.15, 0.2) is 36.5 Å². The number of hydrogen-bond acceptors (Lipinski definition) is 6. The second kappa shape index (κ2) is 10.6. The van der Waals surface area contributed by atoms with Gasteiger partial charge in [-0.3, -0.25) is 19.7 Å². The normalized spacial score (nSPS) is 11.1. The zero-order chi connectivity index (χ0) is 26.6. The number of nitrogens with zero attached hydrogens (tertiary/aromatic N) is 3. The first-order valence-electron chi connectivity index (χ1n) is 9.91. The molecule has 3 rings (SSSR count). The summed E-state index contributed by atoms with van der Waals surface area (Å²) < 4.78 is 59.0. The summed E-state index contributed by atoms with van der Waals surface area (Å²) in [5, 5.41) is 5.88. The average Bonchev–Trinajstić information content (AvgIpc) is 3.24. The summed E-state index contributed by atoms with van der Waals surface area (Å²) in [6.45, 7) is 0.948. The molecule has 36 heavy (non-hydrogen) atoms. The van der Waals surface area contributed by atoms with Crippen molar-refractivity contribution in [3.63, 3.8) is 0 Å². The summed E-state index contributed by atoms with van der Waals surface area (Å²) >= 11 is 6.01. The molecule has 0 unspecified atom stereocenters. The van der Waals surface area contributed by atoms with Gasteiger partial charge in [0.15, 0.2) is 5.69 Å². The van der Waals surface area contributed by atoms with Gasteiger partial charge in [-0.15, -0.1) is 0 Å². The minimum atomic E-state index is -4.89. The molecule has 0 radical (unpaired) electrons. The SMILES string of the molecule is COC(=O)NNC(=O)c1cc(Cl)cc(C)c1NC(=O)c1cc(C(F)(F)F)nn1Cc1cccnc1F. The molecule has 0 aliphatic carbocycles. The summed E-state index contributed by atoms with van der Waals surface area (Å²) in [4.78, 5) is 40.3. The molecule has 0 saturated carbocycles. The zero-order valence-electron chi connectivity index (χ0n) is 18.5. The Morgan fingerprint density at radius 3 is 2.50 bits per heavy atom. The van der Waals surface area contributed by atoms with Crippen LogP contribution in [0.1, 0.15) is 37.7 Å². The number of ether oxygens (including phenoxy) is 1. The second-order valence-corrected chi connectivity index (χ2v) is 7.63. The van der Waals surface area contributed by atoms with E-state index in [1.807, 2.05) is 10.9 Å². The largest absolute Gasteiger partial charge is 0.452 e. The molecule has 0 aliphatic rings. The number of alkyl halides is 3. The van der Waals surface area contributed by atoms with Crippen molar-refractivity contribution in [3.8, 4) is 0 Å². The molecular weight excluding hydrogens is 512 g/mol. The Hall–Kier alpha value is -4.20. The monoisotopic (exact) mass is 528 g/mol. The Morgan fingerprint density at radius 2 is 1.86 bits per heavy atom. The number of carbonyl (C=O) groups is 3. The van der Waals surface area contributed by atoms with Gasteiger partial charge in [0, 0.05) is 22.8 Å². The van der Waals surface area contributed by atoms with E-state index in [0.717, 1.165) is 13.3 Å². The van der Waals surface area contributed by atoms with Crippen LogP contribution in [0.25, 0.3) is 0 Å². The molecule has 1 aromatic carbocycles. The number of hydrazine groups is 1. The minimum absolute atomic E-state index is 0.102. The van der Waals surface area contributed by atoms with Crippen LogP contribution >= 0.6 is 11.6 Å². The summed E-state index contributed by atoms with van der Waals surface area (Å²) in [7, 11) is 1.06. The highest BCUT2D eigenvalue weighted by Crippen LogP contribution is 2.30. The van der Waals surface area contributed by atoms with Crippen LogP contribution in [0.3, 0.4) is 0 Å². The third-order valence-corrected chi connectivity index (χ3v) is 4.92. The zero-order valence-corrected chi connectivity index (χ0v) is 19.3. The standard InChI is InChI=1S/C21H17ClF4N6O4/c1-10-6-12(22)7-13(18(33)29-30-20(35)36-2)16(10)28-19(34)14-8-15(21(24,25)26)31-32(14)9-11-4-3-5-27-17(11)23/h3-8H,9H2,1-2H3,(H,28,34)(H,29,33)(H,30,35). The summed E-state index contributed by atoms with van der Waals surface area (Å²) in [6.07, 6.45) is -4.73. The lowest BCUT2D eigenvalue weighted by Crippen LogP contribution is -2.41. The Balaban J connectivity index is 1.99. The highest BCUT2D eigenvalue weighted by atomic mass is 35.5. The van der Waals surface area contributed by atoms with E-state index >= 15 is 0 Å². The van der Waals surface area contributed by atoms with Crippen LogP contribution in [-0.2, 0) is 17.5 Å². The molecule has 3 aromatic rings. The van der Waals surface area contributed by atoms with E-state index in [9.17, 15) is 31.9 Å².